The van der Waals surface area contributed by atoms with Crippen LogP contribution in [0, 0.1) is 0 Å². The van der Waals surface area contributed by atoms with Gasteiger partial charge in [0.25, 0.3) is 0 Å². The summed E-state index contributed by atoms with van der Waals surface area (Å²) >= 11 is 0. The summed E-state index contributed by atoms with van der Waals surface area (Å²) in [5.41, 5.74) is 1.38. The third-order valence-corrected chi connectivity index (χ3v) is 2.59. The molecule has 0 saturated carbocycles. The maximum atomic E-state index is 5.31. The summed E-state index contributed by atoms with van der Waals surface area (Å²) in [5.74, 6) is 0. The smallest absolute Gasteiger partial charge is 0.0594 e. The van der Waals surface area contributed by atoms with Gasteiger partial charge in [-0.2, -0.15) is 0 Å². The predicted octanol–water partition coefficient (Wildman–Crippen LogP) is 1.26. The highest BCUT2D eigenvalue weighted by Gasteiger charge is 2.08. The van der Waals surface area contributed by atoms with Gasteiger partial charge in [-0.05, 0) is 33.4 Å². The molecule has 0 bridgehead atoms. The maximum Gasteiger partial charge on any atom is 0.0594 e. The van der Waals surface area contributed by atoms with E-state index in [0.29, 0.717) is 0 Å². The minimum Gasteiger partial charge on any atom is -0.379 e. The third kappa shape index (κ3) is 6.66. The summed E-state index contributed by atoms with van der Waals surface area (Å²) in [5, 5.41) is 3.42. The molecule has 0 aromatic heterocycles. The molecule has 0 radical (unpaired) electrons. The zero-order valence-corrected chi connectivity index (χ0v) is 10.1. The van der Waals surface area contributed by atoms with Crippen molar-refractivity contribution in [3.05, 3.63) is 11.6 Å². The molecular formula is C12H24N2O. The first kappa shape index (κ1) is 12.7. The monoisotopic (exact) mass is 212 g/mol. The van der Waals surface area contributed by atoms with Gasteiger partial charge in [-0.25, -0.2) is 0 Å². The van der Waals surface area contributed by atoms with E-state index in [-0.39, 0.29) is 0 Å². The molecule has 1 saturated heterocycles. The number of nitrogens with zero attached hydrogens (tertiary/aromatic N) is 1. The molecule has 0 atom stereocenters. The minimum absolute atomic E-state index is 0.908. The minimum atomic E-state index is 0.908. The number of nitrogens with one attached hydrogen (secondary N) is 1. The maximum absolute atomic E-state index is 5.31. The largest absolute Gasteiger partial charge is 0.379 e. The Labute approximate surface area is 93.5 Å². The SMILES string of the molecule is CC(C)=CCNCCCN1CCOCC1. The van der Waals surface area contributed by atoms with Crippen LogP contribution in [-0.2, 0) is 4.74 Å². The van der Waals surface area contributed by atoms with Gasteiger partial charge in [0.2, 0.25) is 0 Å². The van der Waals surface area contributed by atoms with Crippen molar-refractivity contribution in [2.45, 2.75) is 20.3 Å². The first-order valence-electron chi connectivity index (χ1n) is 5.93. The Kier molecular flexibility index (Phi) is 6.64. The Morgan fingerprint density at radius 2 is 2.07 bits per heavy atom. The topological polar surface area (TPSA) is 24.5 Å². The molecule has 1 heterocycles. The molecule has 0 amide bonds. The van der Waals surface area contributed by atoms with Gasteiger partial charge in [0.15, 0.2) is 0 Å². The molecule has 0 unspecified atom stereocenters. The highest BCUT2D eigenvalue weighted by atomic mass is 16.5. The Hall–Kier alpha value is -0.380. The Morgan fingerprint density at radius 1 is 1.33 bits per heavy atom. The van der Waals surface area contributed by atoms with Crippen molar-refractivity contribution in [2.24, 2.45) is 0 Å². The zero-order chi connectivity index (χ0) is 10.9. The molecule has 0 aromatic carbocycles. The van der Waals surface area contributed by atoms with Gasteiger partial charge in [-0.3, -0.25) is 4.90 Å². The lowest BCUT2D eigenvalue weighted by Gasteiger charge is -2.26. The van der Waals surface area contributed by atoms with E-state index in [1.165, 1.54) is 18.5 Å². The molecule has 0 spiro atoms. The van der Waals surface area contributed by atoms with Crippen LogP contribution in [0.4, 0.5) is 0 Å². The highest BCUT2D eigenvalue weighted by molar-refractivity contribution is 4.94. The summed E-state index contributed by atoms with van der Waals surface area (Å²) in [6.45, 7) is 11.6. The summed E-state index contributed by atoms with van der Waals surface area (Å²) in [4.78, 5) is 2.48. The van der Waals surface area contributed by atoms with E-state index < -0.39 is 0 Å². The second-order valence-corrected chi connectivity index (χ2v) is 4.29. The van der Waals surface area contributed by atoms with Crippen LogP contribution in [0.2, 0.25) is 0 Å². The zero-order valence-electron chi connectivity index (χ0n) is 10.1. The molecule has 0 aromatic rings. The van der Waals surface area contributed by atoms with Crippen molar-refractivity contribution in [3.63, 3.8) is 0 Å². The lowest BCUT2D eigenvalue weighted by Crippen LogP contribution is -2.37. The van der Waals surface area contributed by atoms with Crippen LogP contribution in [0.3, 0.4) is 0 Å². The summed E-state index contributed by atoms with van der Waals surface area (Å²) < 4.78 is 5.31. The quantitative estimate of drug-likeness (QED) is 0.530. The molecule has 88 valence electrons. The van der Waals surface area contributed by atoms with Crippen molar-refractivity contribution in [1.29, 1.82) is 0 Å². The molecule has 3 nitrogen and oxygen atoms in total. The fourth-order valence-electron chi connectivity index (χ4n) is 1.63. The fourth-order valence-corrected chi connectivity index (χ4v) is 1.63. The van der Waals surface area contributed by atoms with Gasteiger partial charge in [0.05, 0.1) is 13.2 Å². The van der Waals surface area contributed by atoms with Gasteiger partial charge in [0, 0.05) is 19.6 Å². The molecule has 15 heavy (non-hydrogen) atoms. The summed E-state index contributed by atoms with van der Waals surface area (Å²) in [6.07, 6.45) is 3.46. The van der Waals surface area contributed by atoms with E-state index in [1.54, 1.807) is 0 Å². The van der Waals surface area contributed by atoms with Crippen LogP contribution < -0.4 is 5.32 Å². The van der Waals surface area contributed by atoms with Crippen molar-refractivity contribution in [2.75, 3.05) is 45.9 Å². The first-order chi connectivity index (χ1) is 7.29. The second kappa shape index (κ2) is 7.85. The lowest BCUT2D eigenvalue weighted by atomic mass is 10.3. The Morgan fingerprint density at radius 3 is 2.73 bits per heavy atom. The van der Waals surface area contributed by atoms with Gasteiger partial charge < -0.3 is 10.1 Å². The van der Waals surface area contributed by atoms with E-state index in [9.17, 15) is 0 Å². The average Bonchev–Trinajstić information content (AvgIpc) is 2.24. The van der Waals surface area contributed by atoms with Gasteiger partial charge >= 0.3 is 0 Å². The molecule has 1 aliphatic rings. The third-order valence-electron chi connectivity index (χ3n) is 2.59. The van der Waals surface area contributed by atoms with E-state index in [2.05, 4.69) is 30.1 Å². The lowest BCUT2D eigenvalue weighted by molar-refractivity contribution is 0.0375. The number of morpholine rings is 1. The van der Waals surface area contributed by atoms with Crippen LogP contribution in [0.25, 0.3) is 0 Å². The Balaban J connectivity index is 1.90. The van der Waals surface area contributed by atoms with Crippen molar-refractivity contribution in [1.82, 2.24) is 10.2 Å². The highest BCUT2D eigenvalue weighted by Crippen LogP contribution is 1.97. The van der Waals surface area contributed by atoms with Gasteiger partial charge in [0.1, 0.15) is 0 Å². The Bertz CT molecular complexity index is 182. The summed E-state index contributed by atoms with van der Waals surface area (Å²) in [7, 11) is 0. The number of rotatable bonds is 6. The van der Waals surface area contributed by atoms with Gasteiger partial charge in [-0.15, -0.1) is 0 Å². The molecule has 1 fully saturated rings. The fraction of sp³-hybridized carbons (Fsp3) is 0.833. The van der Waals surface area contributed by atoms with Gasteiger partial charge in [-0.1, -0.05) is 11.6 Å². The molecule has 1 aliphatic heterocycles. The average molecular weight is 212 g/mol. The normalized spacial score (nSPS) is 17.7. The molecule has 3 heteroatoms. The number of hydrogen-bond acceptors (Lipinski definition) is 3. The van der Waals surface area contributed by atoms with Crippen LogP contribution >= 0.6 is 0 Å². The molecule has 0 aliphatic carbocycles. The number of ether oxygens (including phenoxy) is 1. The van der Waals surface area contributed by atoms with Crippen LogP contribution in [0.5, 0.6) is 0 Å². The van der Waals surface area contributed by atoms with Crippen LogP contribution in [-0.4, -0.2) is 50.8 Å². The van der Waals surface area contributed by atoms with E-state index in [1.807, 2.05) is 0 Å². The molecular weight excluding hydrogens is 188 g/mol. The van der Waals surface area contributed by atoms with E-state index in [4.69, 9.17) is 4.74 Å². The van der Waals surface area contributed by atoms with Crippen molar-refractivity contribution >= 4 is 0 Å². The van der Waals surface area contributed by atoms with Crippen molar-refractivity contribution in [3.8, 4) is 0 Å². The molecule has 1 rings (SSSR count). The number of allylic oxidation sites excluding steroid dienone is 1. The molecule has 1 N–H and O–H groups in total. The van der Waals surface area contributed by atoms with Crippen LogP contribution in [0.15, 0.2) is 11.6 Å². The van der Waals surface area contributed by atoms with E-state index in [0.717, 1.165) is 39.4 Å². The number of hydrogen-bond donors (Lipinski definition) is 1. The van der Waals surface area contributed by atoms with E-state index >= 15 is 0 Å². The van der Waals surface area contributed by atoms with Crippen LogP contribution in [0.1, 0.15) is 20.3 Å². The summed E-state index contributed by atoms with van der Waals surface area (Å²) in [6, 6.07) is 0. The second-order valence-electron chi connectivity index (χ2n) is 4.29. The first-order valence-corrected chi connectivity index (χ1v) is 5.93. The predicted molar refractivity (Wildman–Crippen MR) is 64.2 cm³/mol. The van der Waals surface area contributed by atoms with Crippen molar-refractivity contribution < 1.29 is 4.74 Å². The standard InChI is InChI=1S/C12H24N2O/c1-12(2)4-6-13-5-3-7-14-8-10-15-11-9-14/h4,13H,3,5-11H2,1-2H3.